The summed E-state index contributed by atoms with van der Waals surface area (Å²) in [7, 11) is 0. The number of halogens is 1. The Hall–Kier alpha value is -3.30. The maximum Gasteiger partial charge on any atom is 0.375 e. The summed E-state index contributed by atoms with van der Waals surface area (Å²) in [5, 5.41) is 12.8. The van der Waals surface area contributed by atoms with Gasteiger partial charge in [0.1, 0.15) is 11.7 Å². The third-order valence-electron chi connectivity index (χ3n) is 3.74. The van der Waals surface area contributed by atoms with E-state index < -0.39 is 18.5 Å². The van der Waals surface area contributed by atoms with Crippen LogP contribution in [0.1, 0.15) is 21.7 Å². The number of carbonyl (C=O) groups is 2. The molecule has 7 heteroatoms. The number of furan rings is 1. The maximum absolute atomic E-state index is 12.2. The van der Waals surface area contributed by atoms with E-state index in [1.165, 1.54) is 0 Å². The van der Waals surface area contributed by atoms with Crippen molar-refractivity contribution >= 4 is 40.1 Å². The van der Waals surface area contributed by atoms with E-state index in [9.17, 15) is 9.59 Å². The number of anilines is 1. The van der Waals surface area contributed by atoms with E-state index >= 15 is 0 Å². The molecule has 0 bridgehead atoms. The van der Waals surface area contributed by atoms with E-state index in [2.05, 4.69) is 5.32 Å². The van der Waals surface area contributed by atoms with E-state index in [-0.39, 0.29) is 5.76 Å². The second-order valence-electron chi connectivity index (χ2n) is 5.48. The summed E-state index contributed by atoms with van der Waals surface area (Å²) in [6, 6.07) is 13.5. The maximum atomic E-state index is 12.2. The number of hydrogen-bond donors (Lipinski definition) is 1. The largest absolute Gasteiger partial charge is 0.450 e. The minimum Gasteiger partial charge on any atom is -0.450 e. The van der Waals surface area contributed by atoms with Crippen LogP contribution in [-0.2, 0) is 9.53 Å². The average Bonchev–Trinajstić information content (AvgIpc) is 2.96. The molecule has 0 atom stereocenters. The molecular weight excluding hydrogens is 356 g/mol. The second-order valence-corrected chi connectivity index (χ2v) is 5.91. The Morgan fingerprint density at radius 3 is 2.81 bits per heavy atom. The number of para-hydroxylation sites is 1. The number of fused-ring (bicyclic) bond motifs is 1. The molecule has 0 aliphatic heterocycles. The lowest BCUT2D eigenvalue weighted by Gasteiger charge is -2.07. The number of nitriles is 1. The Bertz CT molecular complexity index is 1050. The van der Waals surface area contributed by atoms with Crippen molar-refractivity contribution in [2.24, 2.45) is 0 Å². The lowest BCUT2D eigenvalue weighted by atomic mass is 10.1. The molecule has 1 aromatic heterocycles. The van der Waals surface area contributed by atoms with Gasteiger partial charge in [-0.25, -0.2) is 4.79 Å². The third kappa shape index (κ3) is 3.53. The quantitative estimate of drug-likeness (QED) is 0.701. The van der Waals surface area contributed by atoms with Crippen LogP contribution in [0.4, 0.5) is 5.69 Å². The van der Waals surface area contributed by atoms with Crippen LogP contribution in [0, 0.1) is 18.3 Å². The standard InChI is InChI=1S/C19H13ClN2O4/c1-11-14-8-13(20)6-7-16(14)26-18(11)19(24)25-10-17(23)22-15-5-3-2-4-12(15)9-21/h2-8H,10H2,1H3,(H,22,23). The van der Waals surface area contributed by atoms with Gasteiger partial charge in [0.05, 0.1) is 11.3 Å². The first-order valence-corrected chi connectivity index (χ1v) is 8.02. The highest BCUT2D eigenvalue weighted by Gasteiger charge is 2.20. The molecule has 0 saturated carbocycles. The van der Waals surface area contributed by atoms with Crippen LogP contribution < -0.4 is 5.32 Å². The van der Waals surface area contributed by atoms with Gasteiger partial charge in [-0.1, -0.05) is 23.7 Å². The van der Waals surface area contributed by atoms with Gasteiger partial charge in [-0.2, -0.15) is 5.26 Å². The van der Waals surface area contributed by atoms with Crippen LogP contribution in [0.25, 0.3) is 11.0 Å². The van der Waals surface area contributed by atoms with Gasteiger partial charge in [-0.3, -0.25) is 4.79 Å². The monoisotopic (exact) mass is 368 g/mol. The molecule has 0 radical (unpaired) electrons. The van der Waals surface area contributed by atoms with Crippen LogP contribution in [0.15, 0.2) is 46.9 Å². The zero-order chi connectivity index (χ0) is 18.7. The highest BCUT2D eigenvalue weighted by atomic mass is 35.5. The van der Waals surface area contributed by atoms with Gasteiger partial charge < -0.3 is 14.5 Å². The number of hydrogen-bond acceptors (Lipinski definition) is 5. The average molecular weight is 369 g/mol. The van der Waals surface area contributed by atoms with Gasteiger partial charge in [-0.05, 0) is 37.3 Å². The zero-order valence-electron chi connectivity index (χ0n) is 13.7. The first-order valence-electron chi connectivity index (χ1n) is 7.64. The van der Waals surface area contributed by atoms with Crippen LogP contribution in [0.2, 0.25) is 5.02 Å². The number of aryl methyl sites for hydroxylation is 1. The fraction of sp³-hybridized carbons (Fsp3) is 0.105. The number of rotatable bonds is 4. The number of benzene rings is 2. The number of nitrogens with zero attached hydrogens (tertiary/aromatic N) is 1. The molecule has 0 saturated heterocycles. The van der Waals surface area contributed by atoms with Gasteiger partial charge in [0.2, 0.25) is 5.76 Å². The number of amides is 1. The molecule has 3 aromatic rings. The molecule has 0 unspecified atom stereocenters. The van der Waals surface area contributed by atoms with Crippen molar-refractivity contribution < 1.29 is 18.7 Å². The first kappa shape index (κ1) is 17.5. The van der Waals surface area contributed by atoms with Crippen molar-refractivity contribution in [3.05, 3.63) is 64.4 Å². The second kappa shape index (κ2) is 7.30. The molecule has 1 heterocycles. The van der Waals surface area contributed by atoms with Crippen molar-refractivity contribution in [1.82, 2.24) is 0 Å². The van der Waals surface area contributed by atoms with Crippen molar-refractivity contribution in [2.75, 3.05) is 11.9 Å². The Morgan fingerprint density at radius 2 is 2.04 bits per heavy atom. The molecule has 1 N–H and O–H groups in total. The lowest BCUT2D eigenvalue weighted by molar-refractivity contribution is -0.119. The van der Waals surface area contributed by atoms with Gasteiger partial charge in [0, 0.05) is 16.0 Å². The predicted molar refractivity (Wildman–Crippen MR) is 96.0 cm³/mol. The van der Waals surface area contributed by atoms with Crippen LogP contribution in [-0.4, -0.2) is 18.5 Å². The SMILES string of the molecule is Cc1c(C(=O)OCC(=O)Nc2ccccc2C#N)oc2ccc(Cl)cc12. The van der Waals surface area contributed by atoms with Gasteiger partial charge >= 0.3 is 5.97 Å². The topological polar surface area (TPSA) is 92.3 Å². The molecule has 0 aliphatic rings. The van der Waals surface area contributed by atoms with Crippen molar-refractivity contribution in [3.8, 4) is 6.07 Å². The smallest absolute Gasteiger partial charge is 0.375 e. The number of carbonyl (C=O) groups excluding carboxylic acids is 2. The summed E-state index contributed by atoms with van der Waals surface area (Å²) < 4.78 is 10.5. The van der Waals surface area contributed by atoms with Crippen molar-refractivity contribution in [2.45, 2.75) is 6.92 Å². The summed E-state index contributed by atoms with van der Waals surface area (Å²) in [6.45, 7) is 1.21. The predicted octanol–water partition coefficient (Wildman–Crippen LogP) is 4.06. The van der Waals surface area contributed by atoms with E-state index in [4.69, 9.17) is 26.0 Å². The first-order chi connectivity index (χ1) is 12.5. The minimum atomic E-state index is -0.751. The number of esters is 1. The van der Waals surface area contributed by atoms with Gasteiger partial charge in [-0.15, -0.1) is 0 Å². The Morgan fingerprint density at radius 1 is 1.27 bits per heavy atom. The zero-order valence-corrected chi connectivity index (χ0v) is 14.5. The molecule has 26 heavy (non-hydrogen) atoms. The summed E-state index contributed by atoms with van der Waals surface area (Å²) in [5.74, 6) is -1.29. The van der Waals surface area contributed by atoms with Crippen molar-refractivity contribution in [3.63, 3.8) is 0 Å². The summed E-state index contributed by atoms with van der Waals surface area (Å²) in [5.41, 5.74) is 1.76. The Kier molecular flexibility index (Phi) is 4.92. The number of nitrogens with one attached hydrogen (secondary N) is 1. The molecule has 130 valence electrons. The molecule has 2 aromatic carbocycles. The molecule has 0 fully saturated rings. The highest BCUT2D eigenvalue weighted by Crippen LogP contribution is 2.28. The van der Waals surface area contributed by atoms with Crippen LogP contribution in [0.3, 0.4) is 0 Å². The molecule has 0 spiro atoms. The third-order valence-corrected chi connectivity index (χ3v) is 3.97. The van der Waals surface area contributed by atoms with Crippen LogP contribution >= 0.6 is 11.6 Å². The lowest BCUT2D eigenvalue weighted by Crippen LogP contribution is -2.21. The van der Waals surface area contributed by atoms with E-state index in [0.29, 0.717) is 32.8 Å². The Balaban J connectivity index is 1.68. The number of ether oxygens (including phenoxy) is 1. The summed E-state index contributed by atoms with van der Waals surface area (Å²) >= 11 is 5.95. The fourth-order valence-electron chi connectivity index (χ4n) is 2.46. The van der Waals surface area contributed by atoms with Gasteiger partial charge in [0.25, 0.3) is 5.91 Å². The highest BCUT2D eigenvalue weighted by molar-refractivity contribution is 6.31. The molecular formula is C19H13ClN2O4. The molecule has 3 rings (SSSR count). The molecule has 6 nitrogen and oxygen atoms in total. The van der Waals surface area contributed by atoms with E-state index in [0.717, 1.165) is 0 Å². The van der Waals surface area contributed by atoms with Crippen LogP contribution in [0.5, 0.6) is 0 Å². The summed E-state index contributed by atoms with van der Waals surface area (Å²) in [6.07, 6.45) is 0. The Labute approximate surface area is 153 Å². The normalized spacial score (nSPS) is 10.3. The minimum absolute atomic E-state index is 0.0208. The van der Waals surface area contributed by atoms with E-state index in [1.54, 1.807) is 49.4 Å². The molecule has 1 amide bonds. The van der Waals surface area contributed by atoms with Gasteiger partial charge in [0.15, 0.2) is 6.61 Å². The van der Waals surface area contributed by atoms with Crippen molar-refractivity contribution in [1.29, 1.82) is 5.26 Å². The fourth-order valence-corrected chi connectivity index (χ4v) is 2.63. The van der Waals surface area contributed by atoms with E-state index in [1.807, 2.05) is 6.07 Å². The molecule has 0 aliphatic carbocycles. The summed E-state index contributed by atoms with van der Waals surface area (Å²) in [4.78, 5) is 24.2.